The second-order valence-electron chi connectivity index (χ2n) is 2.58. The quantitative estimate of drug-likeness (QED) is 0.685. The number of ether oxygens (including phenoxy) is 1. The Morgan fingerprint density at radius 2 is 1.92 bits per heavy atom. The van der Waals surface area contributed by atoms with Crippen molar-refractivity contribution < 1.29 is 4.74 Å². The summed E-state index contributed by atoms with van der Waals surface area (Å²) in [5, 5.41) is 0. The van der Waals surface area contributed by atoms with Crippen LogP contribution in [0.2, 0.25) is 0 Å². The van der Waals surface area contributed by atoms with Crippen molar-refractivity contribution in [2.75, 3.05) is 13.7 Å². The van der Waals surface area contributed by atoms with Crippen LogP contribution in [-0.2, 0) is 6.42 Å². The van der Waals surface area contributed by atoms with E-state index in [1.165, 1.54) is 5.56 Å². The predicted octanol–water partition coefficient (Wildman–Crippen LogP) is 1.20. The van der Waals surface area contributed by atoms with Crippen LogP contribution in [0.5, 0.6) is 5.75 Å². The molecule has 0 amide bonds. The fraction of sp³-hybridized carbons (Fsp3) is 0.273. The predicted molar refractivity (Wildman–Crippen MR) is 53.5 cm³/mol. The molecule has 2 nitrogen and oxygen atoms in total. The van der Waals surface area contributed by atoms with Crippen LogP contribution in [0, 0.1) is 11.8 Å². The lowest BCUT2D eigenvalue weighted by atomic mass is 10.1. The van der Waals surface area contributed by atoms with Gasteiger partial charge in [-0.15, -0.1) is 0 Å². The van der Waals surface area contributed by atoms with Gasteiger partial charge in [0.2, 0.25) is 0 Å². The molecule has 0 spiro atoms. The van der Waals surface area contributed by atoms with E-state index in [2.05, 4.69) is 11.8 Å². The van der Waals surface area contributed by atoms with Gasteiger partial charge in [0.05, 0.1) is 13.7 Å². The van der Waals surface area contributed by atoms with Gasteiger partial charge in [0, 0.05) is 6.42 Å². The van der Waals surface area contributed by atoms with E-state index in [4.69, 9.17) is 10.5 Å². The Kier molecular flexibility index (Phi) is 3.87. The minimum absolute atomic E-state index is 0.427. The molecule has 1 aromatic carbocycles. The van der Waals surface area contributed by atoms with Gasteiger partial charge >= 0.3 is 0 Å². The molecule has 0 fully saturated rings. The highest BCUT2D eigenvalue weighted by Gasteiger charge is 1.90. The second kappa shape index (κ2) is 5.23. The minimum Gasteiger partial charge on any atom is -0.497 e. The van der Waals surface area contributed by atoms with Gasteiger partial charge in [-0.3, -0.25) is 0 Å². The van der Waals surface area contributed by atoms with Crippen LogP contribution in [0.15, 0.2) is 24.3 Å². The van der Waals surface area contributed by atoms with Gasteiger partial charge in [-0.1, -0.05) is 24.0 Å². The molecule has 0 aromatic heterocycles. The summed E-state index contributed by atoms with van der Waals surface area (Å²) in [6.45, 7) is 0.427. The molecular weight excluding hydrogens is 162 g/mol. The molecule has 2 N–H and O–H groups in total. The van der Waals surface area contributed by atoms with Gasteiger partial charge in [0.25, 0.3) is 0 Å². The molecule has 0 bridgehead atoms. The summed E-state index contributed by atoms with van der Waals surface area (Å²) in [5.74, 6) is 6.67. The minimum atomic E-state index is 0.427. The molecule has 1 rings (SSSR count). The summed E-state index contributed by atoms with van der Waals surface area (Å²) in [7, 11) is 1.66. The number of hydrogen-bond acceptors (Lipinski definition) is 2. The van der Waals surface area contributed by atoms with Crippen molar-refractivity contribution in [2.24, 2.45) is 5.73 Å². The van der Waals surface area contributed by atoms with Gasteiger partial charge in [0.15, 0.2) is 0 Å². The van der Waals surface area contributed by atoms with Crippen LogP contribution < -0.4 is 10.5 Å². The third-order valence-electron chi connectivity index (χ3n) is 1.68. The maximum atomic E-state index is 5.24. The molecule has 0 unspecified atom stereocenters. The lowest BCUT2D eigenvalue weighted by molar-refractivity contribution is 0.414. The summed E-state index contributed by atoms with van der Waals surface area (Å²) >= 11 is 0. The molecule has 0 aliphatic heterocycles. The first-order chi connectivity index (χ1) is 6.36. The van der Waals surface area contributed by atoms with Gasteiger partial charge in [-0.2, -0.15) is 0 Å². The van der Waals surface area contributed by atoms with E-state index in [-0.39, 0.29) is 0 Å². The van der Waals surface area contributed by atoms with Crippen molar-refractivity contribution in [1.29, 1.82) is 0 Å². The Bertz CT molecular complexity index is 305. The number of hydrogen-bond donors (Lipinski definition) is 1. The fourth-order valence-corrected chi connectivity index (χ4v) is 0.980. The van der Waals surface area contributed by atoms with Gasteiger partial charge in [-0.25, -0.2) is 0 Å². The number of benzene rings is 1. The second-order valence-corrected chi connectivity index (χ2v) is 2.58. The first-order valence-corrected chi connectivity index (χ1v) is 4.15. The third-order valence-corrected chi connectivity index (χ3v) is 1.68. The number of methoxy groups -OCH3 is 1. The first-order valence-electron chi connectivity index (χ1n) is 4.15. The van der Waals surface area contributed by atoms with Crippen LogP contribution in [0.1, 0.15) is 5.56 Å². The summed E-state index contributed by atoms with van der Waals surface area (Å²) in [6.07, 6.45) is 0.751. The van der Waals surface area contributed by atoms with Crippen molar-refractivity contribution in [3.8, 4) is 17.6 Å². The summed E-state index contributed by atoms with van der Waals surface area (Å²) in [4.78, 5) is 0. The normalized spacial score (nSPS) is 8.77. The van der Waals surface area contributed by atoms with E-state index >= 15 is 0 Å². The molecular formula is C11H13NO. The van der Waals surface area contributed by atoms with E-state index in [0.717, 1.165) is 12.2 Å². The van der Waals surface area contributed by atoms with Crippen molar-refractivity contribution in [1.82, 2.24) is 0 Å². The molecule has 68 valence electrons. The SMILES string of the molecule is COc1ccc(CC#CCN)cc1. The van der Waals surface area contributed by atoms with E-state index in [1.807, 2.05) is 24.3 Å². The van der Waals surface area contributed by atoms with E-state index in [1.54, 1.807) is 7.11 Å². The molecule has 1 aromatic rings. The van der Waals surface area contributed by atoms with Crippen LogP contribution in [0.25, 0.3) is 0 Å². The highest BCUT2D eigenvalue weighted by atomic mass is 16.5. The molecule has 0 aliphatic rings. The summed E-state index contributed by atoms with van der Waals surface area (Å²) < 4.78 is 5.04. The number of rotatable bonds is 2. The molecule has 0 saturated carbocycles. The summed E-state index contributed by atoms with van der Waals surface area (Å²) in [6, 6.07) is 7.87. The van der Waals surface area contributed by atoms with Crippen LogP contribution >= 0.6 is 0 Å². The van der Waals surface area contributed by atoms with Gasteiger partial charge in [0.1, 0.15) is 5.75 Å². The van der Waals surface area contributed by atoms with Crippen molar-refractivity contribution >= 4 is 0 Å². The lowest BCUT2D eigenvalue weighted by Crippen LogP contribution is -1.93. The standard InChI is InChI=1S/C11H13NO/c1-13-11-7-5-10(6-8-11)4-2-3-9-12/h5-8H,4,9,12H2,1H3. The molecule has 0 atom stereocenters. The largest absolute Gasteiger partial charge is 0.497 e. The van der Waals surface area contributed by atoms with Gasteiger partial charge < -0.3 is 10.5 Å². The van der Waals surface area contributed by atoms with Crippen LogP contribution in [0.4, 0.5) is 0 Å². The van der Waals surface area contributed by atoms with Gasteiger partial charge in [-0.05, 0) is 17.7 Å². The zero-order valence-corrected chi connectivity index (χ0v) is 7.71. The average Bonchev–Trinajstić information content (AvgIpc) is 2.19. The molecule has 0 aliphatic carbocycles. The number of nitrogens with two attached hydrogens (primary N) is 1. The van der Waals surface area contributed by atoms with Crippen LogP contribution in [0.3, 0.4) is 0 Å². The zero-order chi connectivity index (χ0) is 9.52. The molecule has 0 saturated heterocycles. The fourth-order valence-electron chi connectivity index (χ4n) is 0.980. The van der Waals surface area contributed by atoms with Crippen LogP contribution in [-0.4, -0.2) is 13.7 Å². The van der Waals surface area contributed by atoms with Crippen molar-refractivity contribution in [3.05, 3.63) is 29.8 Å². The average molecular weight is 175 g/mol. The van der Waals surface area contributed by atoms with Crippen molar-refractivity contribution in [3.63, 3.8) is 0 Å². The first kappa shape index (κ1) is 9.63. The Morgan fingerprint density at radius 3 is 2.46 bits per heavy atom. The Labute approximate surface area is 78.7 Å². The summed E-state index contributed by atoms with van der Waals surface area (Å²) in [5.41, 5.74) is 6.43. The lowest BCUT2D eigenvalue weighted by Gasteiger charge is -1.99. The topological polar surface area (TPSA) is 35.2 Å². The smallest absolute Gasteiger partial charge is 0.118 e. The van der Waals surface area contributed by atoms with E-state index in [0.29, 0.717) is 6.54 Å². The Balaban J connectivity index is 2.59. The third kappa shape index (κ3) is 3.18. The molecule has 0 heterocycles. The molecule has 2 heteroatoms. The van der Waals surface area contributed by atoms with Crippen molar-refractivity contribution in [2.45, 2.75) is 6.42 Å². The molecule has 13 heavy (non-hydrogen) atoms. The van der Waals surface area contributed by atoms with E-state index < -0.39 is 0 Å². The maximum absolute atomic E-state index is 5.24. The Hall–Kier alpha value is -1.46. The zero-order valence-electron chi connectivity index (χ0n) is 7.71. The van der Waals surface area contributed by atoms with E-state index in [9.17, 15) is 0 Å². The highest BCUT2D eigenvalue weighted by Crippen LogP contribution is 2.10. The highest BCUT2D eigenvalue weighted by molar-refractivity contribution is 5.29. The monoisotopic (exact) mass is 175 g/mol. The Morgan fingerprint density at radius 1 is 1.23 bits per heavy atom. The maximum Gasteiger partial charge on any atom is 0.118 e. The molecule has 0 radical (unpaired) electrons.